The molecular formula is C33H30N2O3S. The van der Waals surface area contributed by atoms with Gasteiger partial charge in [-0.15, -0.1) is 0 Å². The Balaban J connectivity index is 1.48. The van der Waals surface area contributed by atoms with Gasteiger partial charge in [0.2, 0.25) is 15.9 Å². The van der Waals surface area contributed by atoms with Crippen LogP contribution in [-0.2, 0) is 26.8 Å². The highest BCUT2D eigenvalue weighted by Gasteiger charge is 2.61. The summed E-state index contributed by atoms with van der Waals surface area (Å²) in [5.41, 5.74) is 3.68. The van der Waals surface area contributed by atoms with Crippen molar-refractivity contribution in [1.82, 2.24) is 4.31 Å². The second-order valence-corrected chi connectivity index (χ2v) is 12.1. The van der Waals surface area contributed by atoms with E-state index in [1.807, 2.05) is 121 Å². The first kappa shape index (κ1) is 25.3. The van der Waals surface area contributed by atoms with E-state index in [2.05, 4.69) is 0 Å². The number of sulfonamides is 1. The lowest BCUT2D eigenvalue weighted by Crippen LogP contribution is -2.49. The maximum atomic E-state index is 14.5. The van der Waals surface area contributed by atoms with Crippen LogP contribution in [0.4, 0.5) is 5.69 Å². The second kappa shape index (κ2) is 9.95. The summed E-state index contributed by atoms with van der Waals surface area (Å²) in [6, 6.07) is 33.8. The van der Waals surface area contributed by atoms with Gasteiger partial charge in [-0.25, -0.2) is 8.42 Å². The van der Waals surface area contributed by atoms with E-state index in [4.69, 9.17) is 0 Å². The van der Waals surface area contributed by atoms with E-state index < -0.39 is 21.5 Å². The fourth-order valence-electron chi connectivity index (χ4n) is 5.96. The molecule has 0 unspecified atom stereocenters. The molecule has 2 aliphatic rings. The summed E-state index contributed by atoms with van der Waals surface area (Å²) in [6.07, 6.45) is 4.25. The largest absolute Gasteiger partial charge is 0.307 e. The first-order valence-electron chi connectivity index (χ1n) is 13.2. The molecule has 5 nitrogen and oxygen atoms in total. The first-order valence-corrected chi connectivity index (χ1v) is 14.6. The van der Waals surface area contributed by atoms with Crippen LogP contribution in [0.25, 0.3) is 6.08 Å². The molecule has 1 spiro atoms. The number of amides is 1. The molecule has 0 aliphatic carbocycles. The zero-order valence-electron chi connectivity index (χ0n) is 21.8. The third kappa shape index (κ3) is 4.30. The van der Waals surface area contributed by atoms with Gasteiger partial charge >= 0.3 is 0 Å². The summed E-state index contributed by atoms with van der Waals surface area (Å²) in [7, 11) is -3.86. The van der Waals surface area contributed by atoms with Crippen LogP contribution in [0.15, 0.2) is 120 Å². The van der Waals surface area contributed by atoms with Gasteiger partial charge in [-0.1, -0.05) is 109 Å². The summed E-state index contributed by atoms with van der Waals surface area (Å²) in [6.45, 7) is 2.61. The Bertz CT molecular complexity index is 1630. The molecule has 39 heavy (non-hydrogen) atoms. The number of nitrogens with zero attached hydrogens (tertiary/aromatic N) is 2. The number of aryl methyl sites for hydroxylation is 1. The summed E-state index contributed by atoms with van der Waals surface area (Å²) in [5, 5.41) is 0. The van der Waals surface area contributed by atoms with E-state index in [9.17, 15) is 13.2 Å². The third-order valence-corrected chi connectivity index (χ3v) is 9.82. The molecule has 1 amide bonds. The van der Waals surface area contributed by atoms with E-state index >= 15 is 0 Å². The lowest BCUT2D eigenvalue weighted by Gasteiger charge is -2.32. The predicted molar refractivity (Wildman–Crippen MR) is 155 cm³/mol. The molecule has 6 heteroatoms. The molecular weight excluding hydrogens is 504 g/mol. The molecule has 0 saturated carbocycles. The van der Waals surface area contributed by atoms with Crippen LogP contribution in [0.3, 0.4) is 0 Å². The number of rotatable bonds is 6. The molecule has 1 fully saturated rings. The molecule has 4 aromatic rings. The minimum atomic E-state index is -3.86. The Kier molecular flexibility index (Phi) is 6.45. The monoisotopic (exact) mass is 534 g/mol. The van der Waals surface area contributed by atoms with Crippen molar-refractivity contribution in [2.24, 2.45) is 0 Å². The molecule has 1 saturated heterocycles. The fraction of sp³-hybridized carbons (Fsp3) is 0.182. The van der Waals surface area contributed by atoms with Crippen molar-refractivity contribution in [2.75, 3.05) is 11.4 Å². The van der Waals surface area contributed by atoms with Gasteiger partial charge in [-0.2, -0.15) is 4.31 Å². The van der Waals surface area contributed by atoms with Crippen molar-refractivity contribution >= 4 is 27.7 Å². The van der Waals surface area contributed by atoms with Crippen LogP contribution in [0.2, 0.25) is 0 Å². The van der Waals surface area contributed by atoms with Gasteiger partial charge in [0.05, 0.1) is 22.9 Å². The molecule has 0 radical (unpaired) electrons. The number of benzene rings is 4. The highest BCUT2D eigenvalue weighted by Crippen LogP contribution is 2.52. The molecule has 0 aromatic heterocycles. The topological polar surface area (TPSA) is 57.7 Å². The summed E-state index contributed by atoms with van der Waals surface area (Å²) >= 11 is 0. The van der Waals surface area contributed by atoms with Crippen molar-refractivity contribution in [3.8, 4) is 0 Å². The number of fused-ring (bicyclic) bond motifs is 2. The molecule has 2 aliphatic heterocycles. The maximum Gasteiger partial charge on any atom is 0.243 e. The Morgan fingerprint density at radius 1 is 0.846 bits per heavy atom. The highest BCUT2D eigenvalue weighted by atomic mass is 32.2. The Hall–Kier alpha value is -4.00. The predicted octanol–water partition coefficient (Wildman–Crippen LogP) is 5.96. The minimum Gasteiger partial charge on any atom is -0.307 e. The van der Waals surface area contributed by atoms with Crippen LogP contribution < -0.4 is 4.90 Å². The van der Waals surface area contributed by atoms with Crippen molar-refractivity contribution in [3.63, 3.8) is 0 Å². The Labute approximate surface area is 230 Å². The fourth-order valence-corrected chi connectivity index (χ4v) is 7.60. The van der Waals surface area contributed by atoms with Crippen molar-refractivity contribution in [2.45, 2.75) is 36.2 Å². The first-order chi connectivity index (χ1) is 18.9. The van der Waals surface area contributed by atoms with Crippen LogP contribution in [0.1, 0.15) is 28.7 Å². The smallest absolute Gasteiger partial charge is 0.243 e. The average Bonchev–Trinajstić information content (AvgIpc) is 3.46. The van der Waals surface area contributed by atoms with E-state index in [0.29, 0.717) is 13.0 Å². The van der Waals surface area contributed by atoms with E-state index in [1.54, 1.807) is 12.1 Å². The van der Waals surface area contributed by atoms with Crippen molar-refractivity contribution in [3.05, 3.63) is 138 Å². The molecule has 0 bridgehead atoms. The van der Waals surface area contributed by atoms with Gasteiger partial charge in [-0.05, 0) is 48.2 Å². The third-order valence-electron chi connectivity index (χ3n) is 7.93. The number of carbonyl (C=O) groups is 1. The van der Waals surface area contributed by atoms with E-state index in [1.165, 1.54) is 4.31 Å². The minimum absolute atomic E-state index is 0.0585. The van der Waals surface area contributed by atoms with Gasteiger partial charge in [0.15, 0.2) is 0 Å². The van der Waals surface area contributed by atoms with Crippen LogP contribution in [0.5, 0.6) is 0 Å². The second-order valence-electron chi connectivity index (χ2n) is 10.3. The zero-order chi connectivity index (χ0) is 27.0. The standard InChI is InChI=1S/C33H30N2O3S/c1-25-16-19-28(20-17-25)39(37,38)35-23-22-33(31(35)21-18-26-10-4-2-5-11-26)29-14-8-9-15-30(29)34(32(33)36)24-27-12-6-3-7-13-27/h2-21,31H,22-24H2,1H3/b21-18+/t31-,33+/m1/s1. The SMILES string of the molecule is Cc1ccc(S(=O)(=O)N2CC[C@@]3(C(=O)N(Cc4ccccc4)c4ccccc43)[C@H]2/C=C/c2ccccc2)cc1. The number of anilines is 1. The molecule has 2 atom stereocenters. The lowest BCUT2D eigenvalue weighted by atomic mass is 9.75. The average molecular weight is 535 g/mol. The summed E-state index contributed by atoms with van der Waals surface area (Å²) in [4.78, 5) is 16.6. The number of hydrogen-bond donors (Lipinski definition) is 0. The summed E-state index contributed by atoms with van der Waals surface area (Å²) in [5.74, 6) is -0.0585. The molecule has 2 heterocycles. The maximum absolute atomic E-state index is 14.5. The number of hydrogen-bond acceptors (Lipinski definition) is 3. The summed E-state index contributed by atoms with van der Waals surface area (Å²) < 4.78 is 29.7. The number of carbonyl (C=O) groups excluding carboxylic acids is 1. The molecule has 0 N–H and O–H groups in total. The Morgan fingerprint density at radius 3 is 2.21 bits per heavy atom. The van der Waals surface area contributed by atoms with Gasteiger partial charge in [-0.3, -0.25) is 4.79 Å². The van der Waals surface area contributed by atoms with Crippen LogP contribution in [-0.4, -0.2) is 31.2 Å². The lowest BCUT2D eigenvalue weighted by molar-refractivity contribution is -0.123. The van der Waals surface area contributed by atoms with Gasteiger partial charge < -0.3 is 4.90 Å². The quantitative estimate of drug-likeness (QED) is 0.307. The van der Waals surface area contributed by atoms with E-state index in [0.717, 1.165) is 27.9 Å². The van der Waals surface area contributed by atoms with Gasteiger partial charge in [0, 0.05) is 12.2 Å². The van der Waals surface area contributed by atoms with Crippen LogP contribution >= 0.6 is 0 Å². The zero-order valence-corrected chi connectivity index (χ0v) is 22.6. The van der Waals surface area contributed by atoms with Crippen LogP contribution in [0, 0.1) is 6.92 Å². The molecule has 196 valence electrons. The normalized spacial score (nSPS) is 21.2. The highest BCUT2D eigenvalue weighted by molar-refractivity contribution is 7.89. The molecule has 6 rings (SSSR count). The molecule has 4 aromatic carbocycles. The van der Waals surface area contributed by atoms with Gasteiger partial charge in [0.1, 0.15) is 0 Å². The number of para-hydroxylation sites is 1. The Morgan fingerprint density at radius 2 is 1.49 bits per heavy atom. The van der Waals surface area contributed by atoms with Crippen molar-refractivity contribution < 1.29 is 13.2 Å². The van der Waals surface area contributed by atoms with Gasteiger partial charge in [0.25, 0.3) is 0 Å². The van der Waals surface area contributed by atoms with Crippen molar-refractivity contribution in [1.29, 1.82) is 0 Å². The van der Waals surface area contributed by atoms with E-state index in [-0.39, 0.29) is 17.3 Å².